The van der Waals surface area contributed by atoms with E-state index in [0.29, 0.717) is 38.5 Å². The van der Waals surface area contributed by atoms with Crippen molar-refractivity contribution in [3.05, 3.63) is 22.7 Å². The van der Waals surface area contributed by atoms with E-state index in [9.17, 15) is 41.2 Å². The van der Waals surface area contributed by atoms with E-state index in [1.807, 2.05) is 13.8 Å². The molecule has 1 N–H and O–H groups in total. The fraction of sp³-hybridized carbons (Fsp3) is 0.838. The Labute approximate surface area is 313 Å². The molecule has 4 unspecified atom stereocenters. The van der Waals surface area contributed by atoms with Gasteiger partial charge in [0, 0.05) is 54.1 Å². The van der Waals surface area contributed by atoms with Gasteiger partial charge in [0.1, 0.15) is 13.2 Å². The second-order valence-corrected chi connectivity index (χ2v) is 16.5. The van der Waals surface area contributed by atoms with Crippen LogP contribution in [0.15, 0.2) is 22.7 Å². The Morgan fingerprint density at radius 2 is 1.31 bits per heavy atom. The van der Waals surface area contributed by atoms with Crippen molar-refractivity contribution in [1.82, 2.24) is 0 Å². The molecule has 310 valence electrons. The minimum atomic E-state index is -4.98. The maximum Gasteiger partial charge on any atom is 0.449 e. The van der Waals surface area contributed by atoms with Gasteiger partial charge in [0.05, 0.1) is 6.10 Å². The van der Waals surface area contributed by atoms with Gasteiger partial charge in [0.2, 0.25) is 29.9 Å². The number of carbonyl (C=O) groups is 2. The van der Waals surface area contributed by atoms with Crippen LogP contribution in [-0.4, -0.2) is 78.4 Å². The predicted molar refractivity (Wildman–Crippen MR) is 172 cm³/mol. The Hall–Kier alpha value is -2.64. The van der Waals surface area contributed by atoms with Gasteiger partial charge in [0.25, 0.3) is 0 Å². The smallest absolute Gasteiger partial charge is 0.449 e. The first-order chi connectivity index (χ1) is 25.8. The summed E-state index contributed by atoms with van der Waals surface area (Å²) in [7, 11) is 0. The highest BCUT2D eigenvalue weighted by Gasteiger charge is 2.70. The molecule has 2 bridgehead atoms. The standard InChI is InChI=1S/C37H48F6O12/c1-18-8-11-25-21(29(36(38,39)40)50-31-34(25,53-46)23(18)13-10-20(3)49-31)16-47-27(44)6-5-7-28(45)48-17-22-26-12-9-19(2)24-14-15-33(4)52-32(35(24,26)55-54-33)51-30(22)37(41,42)43/h18-20,23-26,31-32,46H,5-17H2,1-4H3/t18-,19-,20+,23?,24?,25+,26+,31+,32-,33?,34?,35-/m1/s1. The topological polar surface area (TPSA) is 137 Å². The Bertz CT molecular complexity index is 1490. The van der Waals surface area contributed by atoms with E-state index in [-0.39, 0.29) is 48.2 Å². The Morgan fingerprint density at radius 1 is 0.745 bits per heavy atom. The SMILES string of the molecule is C[C@@H]1CC[C@H]2C(COC(=O)CCCC(=O)OCC3=C(C(F)(F)F)O[C@@H]4OC5(C)CCC6[C@H](C)CC[C@@H]3[C@]64OO5)=C(C(F)(F)F)O[C@@H]3O[C@@H](C)CCC1C32OO. The molecule has 12 atom stereocenters. The van der Waals surface area contributed by atoms with Crippen LogP contribution in [0.5, 0.6) is 0 Å². The number of hydrogen-bond acceptors (Lipinski definition) is 12. The van der Waals surface area contributed by atoms with Gasteiger partial charge in [-0.15, -0.1) is 0 Å². The van der Waals surface area contributed by atoms with Crippen LogP contribution in [0.25, 0.3) is 0 Å². The molecule has 1 spiro atoms. The third kappa shape index (κ3) is 7.04. The zero-order valence-electron chi connectivity index (χ0n) is 31.1. The summed E-state index contributed by atoms with van der Waals surface area (Å²) in [5.41, 5.74) is -3.73. The van der Waals surface area contributed by atoms with Crippen molar-refractivity contribution >= 4 is 11.9 Å². The van der Waals surface area contributed by atoms with Crippen molar-refractivity contribution in [2.24, 2.45) is 35.5 Å². The van der Waals surface area contributed by atoms with Crippen molar-refractivity contribution < 1.29 is 84.3 Å². The van der Waals surface area contributed by atoms with E-state index in [0.717, 1.165) is 0 Å². The second-order valence-electron chi connectivity index (χ2n) is 16.5. The number of hydrogen-bond donors (Lipinski definition) is 1. The molecule has 4 saturated heterocycles. The molecule has 0 amide bonds. The zero-order chi connectivity index (χ0) is 39.7. The lowest BCUT2D eigenvalue weighted by Gasteiger charge is -2.57. The van der Waals surface area contributed by atoms with Gasteiger partial charge in [-0.05, 0) is 77.0 Å². The summed E-state index contributed by atoms with van der Waals surface area (Å²) < 4.78 is 120. The van der Waals surface area contributed by atoms with E-state index in [2.05, 4.69) is 0 Å². The van der Waals surface area contributed by atoms with Crippen molar-refractivity contribution in [2.45, 2.75) is 146 Å². The van der Waals surface area contributed by atoms with Crippen LogP contribution >= 0.6 is 0 Å². The van der Waals surface area contributed by atoms with Crippen LogP contribution in [0, 0.1) is 35.5 Å². The molecule has 8 rings (SSSR count). The van der Waals surface area contributed by atoms with Gasteiger partial charge >= 0.3 is 24.3 Å². The normalized spacial score (nSPS) is 41.3. The first kappa shape index (κ1) is 40.6. The fourth-order valence-corrected chi connectivity index (χ4v) is 10.4. The summed E-state index contributed by atoms with van der Waals surface area (Å²) >= 11 is 0. The summed E-state index contributed by atoms with van der Waals surface area (Å²) in [5.74, 6) is -8.38. The molecule has 6 fully saturated rings. The fourth-order valence-electron chi connectivity index (χ4n) is 10.4. The predicted octanol–water partition coefficient (Wildman–Crippen LogP) is 7.57. The van der Waals surface area contributed by atoms with Crippen molar-refractivity contribution in [3.8, 4) is 0 Å². The first-order valence-corrected chi connectivity index (χ1v) is 19.1. The minimum Gasteiger partial charge on any atom is -0.461 e. The minimum absolute atomic E-state index is 0.0342. The largest absolute Gasteiger partial charge is 0.461 e. The van der Waals surface area contributed by atoms with Crippen LogP contribution in [-0.2, 0) is 52.7 Å². The molecule has 55 heavy (non-hydrogen) atoms. The number of ether oxygens (including phenoxy) is 6. The second kappa shape index (κ2) is 14.6. The molecule has 6 aliphatic heterocycles. The van der Waals surface area contributed by atoms with Gasteiger partial charge in [0.15, 0.2) is 11.2 Å². The number of esters is 2. The maximum atomic E-state index is 14.4. The molecule has 0 radical (unpaired) electrons. The third-order valence-corrected chi connectivity index (χ3v) is 13.1. The Morgan fingerprint density at radius 3 is 1.91 bits per heavy atom. The van der Waals surface area contributed by atoms with Gasteiger partial charge in [-0.1, -0.05) is 13.8 Å². The van der Waals surface area contributed by atoms with E-state index < -0.39 is 115 Å². The molecule has 12 nitrogen and oxygen atoms in total. The summed E-state index contributed by atoms with van der Waals surface area (Å²) in [6.07, 6.45) is -10.8. The highest BCUT2D eigenvalue weighted by Crippen LogP contribution is 2.62. The number of allylic oxidation sites excluding steroid dienone is 2. The van der Waals surface area contributed by atoms with Crippen LogP contribution < -0.4 is 0 Å². The van der Waals surface area contributed by atoms with Crippen molar-refractivity contribution in [2.75, 3.05) is 13.2 Å². The molecular formula is C37H48F6O12. The van der Waals surface area contributed by atoms with Gasteiger partial charge < -0.3 is 28.4 Å². The summed E-state index contributed by atoms with van der Waals surface area (Å²) in [5, 5.41) is 10.3. The molecule has 2 saturated carbocycles. The van der Waals surface area contributed by atoms with E-state index >= 15 is 0 Å². The van der Waals surface area contributed by atoms with Crippen LogP contribution in [0.1, 0.15) is 98.3 Å². The number of halogens is 6. The van der Waals surface area contributed by atoms with Gasteiger partial charge in [-0.25, -0.2) is 14.7 Å². The van der Waals surface area contributed by atoms with E-state index in [1.54, 1.807) is 13.8 Å². The van der Waals surface area contributed by atoms with Crippen LogP contribution in [0.4, 0.5) is 26.3 Å². The van der Waals surface area contributed by atoms with Crippen LogP contribution in [0.2, 0.25) is 0 Å². The summed E-state index contributed by atoms with van der Waals surface area (Å²) in [6.45, 7) is 5.64. The number of carbonyl (C=O) groups excluding carboxylic acids is 2. The van der Waals surface area contributed by atoms with Gasteiger partial charge in [-0.3, -0.25) is 14.8 Å². The quantitative estimate of drug-likeness (QED) is 0.107. The molecular weight excluding hydrogens is 750 g/mol. The highest BCUT2D eigenvalue weighted by molar-refractivity contribution is 5.72. The first-order valence-electron chi connectivity index (χ1n) is 19.1. The average Bonchev–Trinajstić information content (AvgIpc) is 3.43. The molecule has 18 heteroatoms. The number of rotatable bonds is 9. The Balaban J connectivity index is 0.998. The van der Waals surface area contributed by atoms with Crippen LogP contribution in [0.3, 0.4) is 0 Å². The molecule has 2 aliphatic carbocycles. The van der Waals surface area contributed by atoms with Crippen molar-refractivity contribution in [3.63, 3.8) is 0 Å². The van der Waals surface area contributed by atoms with E-state index in [4.69, 9.17) is 43.1 Å². The zero-order valence-corrected chi connectivity index (χ0v) is 31.1. The average molecular weight is 799 g/mol. The maximum absolute atomic E-state index is 14.4. The Kier molecular flexibility index (Phi) is 10.8. The van der Waals surface area contributed by atoms with E-state index in [1.165, 1.54) is 0 Å². The lowest BCUT2D eigenvalue weighted by molar-refractivity contribution is -0.557. The monoisotopic (exact) mass is 798 g/mol. The van der Waals surface area contributed by atoms with Crippen molar-refractivity contribution in [1.29, 1.82) is 0 Å². The summed E-state index contributed by atoms with van der Waals surface area (Å²) in [6, 6.07) is 0. The lowest BCUT2D eigenvalue weighted by Crippen LogP contribution is -2.67. The molecule has 8 aliphatic rings. The number of alkyl halides is 6. The molecule has 0 aromatic carbocycles. The highest BCUT2D eigenvalue weighted by atomic mass is 19.4. The molecule has 0 aromatic heterocycles. The third-order valence-electron chi connectivity index (χ3n) is 13.1. The molecule has 6 heterocycles. The molecule has 0 aromatic rings. The van der Waals surface area contributed by atoms with Gasteiger partial charge in [-0.2, -0.15) is 26.3 Å². The lowest BCUT2D eigenvalue weighted by atomic mass is 9.59. The summed E-state index contributed by atoms with van der Waals surface area (Å²) in [4.78, 5) is 42.3. The number of fused-ring (bicyclic) bond motifs is 2.